The van der Waals surface area contributed by atoms with E-state index in [1.54, 1.807) is 18.2 Å². The number of carbonyl (C=O) groups excluding carboxylic acids is 5. The summed E-state index contributed by atoms with van der Waals surface area (Å²) in [6.45, 7) is 3.41. The van der Waals surface area contributed by atoms with Crippen LogP contribution >= 0.6 is 11.6 Å². The zero-order valence-corrected chi connectivity index (χ0v) is 33.8. The molecule has 60 heavy (non-hydrogen) atoms. The molecule has 15 nitrogen and oxygen atoms in total. The van der Waals surface area contributed by atoms with Crippen molar-refractivity contribution in [3.05, 3.63) is 70.0 Å². The van der Waals surface area contributed by atoms with E-state index in [1.165, 1.54) is 18.2 Å². The fourth-order valence-corrected chi connectivity index (χ4v) is 9.86. The van der Waals surface area contributed by atoms with Gasteiger partial charge in [-0.25, -0.2) is 4.39 Å². The number of piperazine rings is 1. The maximum Gasteiger partial charge on any atom is 0.269 e. The van der Waals surface area contributed by atoms with E-state index in [9.17, 15) is 24.0 Å². The summed E-state index contributed by atoms with van der Waals surface area (Å²) < 4.78 is 21.6. The molecule has 3 unspecified atom stereocenters. The van der Waals surface area contributed by atoms with Crippen LogP contribution in [0, 0.1) is 33.9 Å². The Labute approximate surface area is 351 Å². The molecule has 1 aliphatic carbocycles. The number of fused-ring (bicyclic) bond motifs is 3. The first-order chi connectivity index (χ1) is 28.9. The molecule has 2 aromatic rings. The summed E-state index contributed by atoms with van der Waals surface area (Å²) in [5, 5.41) is 31.7. The molecule has 0 radical (unpaired) electrons. The summed E-state index contributed by atoms with van der Waals surface area (Å²) in [7, 11) is 0. The fraction of sp³-hybridized carbons (Fsp3) is 0.488. The minimum absolute atomic E-state index is 0.00649. The molecule has 6 aliphatic rings. The largest absolute Gasteiger partial charge is 0.490 e. The van der Waals surface area contributed by atoms with E-state index in [1.807, 2.05) is 15.9 Å². The van der Waals surface area contributed by atoms with Gasteiger partial charge in [0.2, 0.25) is 11.8 Å². The van der Waals surface area contributed by atoms with Gasteiger partial charge in [0, 0.05) is 63.3 Å². The molecule has 0 spiro atoms. The minimum atomic E-state index is -1.11. The molecular formula is C43H47ClFN9O6. The van der Waals surface area contributed by atoms with Gasteiger partial charge >= 0.3 is 0 Å². The Hall–Kier alpha value is -5.66. The molecule has 314 valence electrons. The Morgan fingerprint density at radius 1 is 0.933 bits per heavy atom. The summed E-state index contributed by atoms with van der Waals surface area (Å²) in [6, 6.07) is 8.90. The van der Waals surface area contributed by atoms with Gasteiger partial charge in [0.1, 0.15) is 35.2 Å². The molecule has 2 aromatic carbocycles. The van der Waals surface area contributed by atoms with E-state index >= 15 is 4.39 Å². The number of nitriles is 1. The molecule has 17 heteroatoms. The van der Waals surface area contributed by atoms with Gasteiger partial charge in [-0.05, 0) is 100 Å². The van der Waals surface area contributed by atoms with Crippen molar-refractivity contribution in [3.8, 4) is 11.8 Å². The van der Waals surface area contributed by atoms with Crippen LogP contribution in [0.15, 0.2) is 42.5 Å². The highest BCUT2D eigenvalue weighted by Crippen LogP contribution is 2.37. The van der Waals surface area contributed by atoms with Crippen molar-refractivity contribution in [1.82, 2.24) is 25.3 Å². The molecule has 5 aliphatic heterocycles. The standard InChI is InChI=1S/C43H47ClFN9O6/c44-33-17-30(6-1-25(33)20-46)60-29-7-2-26(3-8-29)49-40(56)35(47)9-11-38(48)52-22-27-4-5-28(23-52)53(27)21-24-13-15-51(16-14-24)37-19-32-31(18-34(37)45)42(58)54(43(32)59)36-10-12-39(55)50-41(36)57/h1,6,9,11,17-19,24,26-29,36,47-48H,2-5,7-8,10,12-16,21-23H2,(H,49,56)(H,50,55,57)/b11-9-,47-35?,48-38?. The number of amidine groups is 1. The van der Waals surface area contributed by atoms with Crippen molar-refractivity contribution >= 4 is 58.4 Å². The zero-order valence-electron chi connectivity index (χ0n) is 33.1. The third kappa shape index (κ3) is 8.38. The maximum absolute atomic E-state index is 15.5. The number of rotatable bonds is 10. The normalized spacial score (nSPS) is 25.9. The van der Waals surface area contributed by atoms with Crippen LogP contribution in [0.3, 0.4) is 0 Å². The molecule has 4 N–H and O–H groups in total. The van der Waals surface area contributed by atoms with Crippen molar-refractivity contribution in [1.29, 1.82) is 16.1 Å². The van der Waals surface area contributed by atoms with Crippen molar-refractivity contribution < 1.29 is 33.1 Å². The van der Waals surface area contributed by atoms with Crippen molar-refractivity contribution in [2.24, 2.45) is 5.92 Å². The third-order valence-electron chi connectivity index (χ3n) is 12.9. The van der Waals surface area contributed by atoms with Gasteiger partial charge in [0.05, 0.1) is 33.5 Å². The first kappa shape index (κ1) is 41.1. The molecule has 5 amide bonds. The first-order valence-corrected chi connectivity index (χ1v) is 21.1. The predicted octanol–water partition coefficient (Wildman–Crippen LogP) is 4.18. The van der Waals surface area contributed by atoms with Crippen LogP contribution in [-0.2, 0) is 14.4 Å². The van der Waals surface area contributed by atoms with Gasteiger partial charge < -0.3 is 19.9 Å². The van der Waals surface area contributed by atoms with Crippen LogP contribution < -0.4 is 20.3 Å². The maximum atomic E-state index is 15.5. The number of likely N-dealkylation sites (tertiary alicyclic amines) is 1. The smallest absolute Gasteiger partial charge is 0.269 e. The molecular weight excluding hydrogens is 793 g/mol. The van der Waals surface area contributed by atoms with Crippen LogP contribution in [0.1, 0.15) is 90.5 Å². The van der Waals surface area contributed by atoms with Crippen LogP contribution in [0.5, 0.6) is 5.75 Å². The topological polar surface area (TPSA) is 203 Å². The Balaban J connectivity index is 0.776. The van der Waals surface area contributed by atoms with E-state index < -0.39 is 41.4 Å². The average Bonchev–Trinajstić information content (AvgIpc) is 3.59. The van der Waals surface area contributed by atoms with Gasteiger partial charge in [-0.2, -0.15) is 5.26 Å². The van der Waals surface area contributed by atoms with Crippen LogP contribution in [0.2, 0.25) is 5.02 Å². The highest BCUT2D eigenvalue weighted by atomic mass is 35.5. The highest BCUT2D eigenvalue weighted by molar-refractivity contribution is 6.42. The number of hydrogen-bond acceptors (Lipinski definition) is 11. The molecule has 0 aromatic heterocycles. The minimum Gasteiger partial charge on any atom is -0.490 e. The van der Waals surface area contributed by atoms with Crippen molar-refractivity contribution in [2.45, 2.75) is 94.5 Å². The lowest BCUT2D eigenvalue weighted by Crippen LogP contribution is -2.56. The Morgan fingerprint density at radius 2 is 1.62 bits per heavy atom. The van der Waals surface area contributed by atoms with E-state index in [2.05, 4.69) is 15.5 Å². The summed E-state index contributed by atoms with van der Waals surface area (Å²) in [5.74, 6) is -2.38. The summed E-state index contributed by atoms with van der Waals surface area (Å²) in [5.41, 5.74) is 0.430. The van der Waals surface area contributed by atoms with E-state index in [0.29, 0.717) is 61.3 Å². The molecule has 2 bridgehead atoms. The first-order valence-electron chi connectivity index (χ1n) is 20.7. The molecule has 1 saturated carbocycles. The lowest BCUT2D eigenvalue weighted by Gasteiger charge is -2.44. The van der Waals surface area contributed by atoms with Crippen LogP contribution in [0.4, 0.5) is 10.1 Å². The number of hydrogen-bond donors (Lipinski definition) is 4. The van der Waals surface area contributed by atoms with Gasteiger partial charge in [-0.3, -0.25) is 49.9 Å². The van der Waals surface area contributed by atoms with Gasteiger partial charge in [0.15, 0.2) is 0 Å². The van der Waals surface area contributed by atoms with Crippen LogP contribution in [0.25, 0.3) is 0 Å². The number of amides is 5. The molecule has 3 atom stereocenters. The summed E-state index contributed by atoms with van der Waals surface area (Å²) in [6.07, 6.45) is 9.46. The summed E-state index contributed by atoms with van der Waals surface area (Å²) in [4.78, 5) is 70.8. The monoisotopic (exact) mass is 839 g/mol. The van der Waals surface area contributed by atoms with E-state index in [-0.39, 0.29) is 65.4 Å². The third-order valence-corrected chi connectivity index (χ3v) is 13.2. The number of ether oxygens (including phenoxy) is 1. The number of piperidine rings is 2. The van der Waals surface area contributed by atoms with E-state index in [4.69, 9.17) is 32.4 Å². The fourth-order valence-electron chi connectivity index (χ4n) is 9.64. The number of carbonyl (C=O) groups is 5. The number of anilines is 1. The SMILES string of the molecule is N#Cc1ccc(OC2CCC(NC(=O)C(=N)/C=C\C(=N)N3CC4CCC(C3)N4CC3CCN(c4cc5c(cc4F)C(=O)N(C4CCC(=O)NC4=O)C5=O)CC3)CC2)cc1Cl. The number of imide groups is 2. The van der Waals surface area contributed by atoms with Gasteiger partial charge in [-0.1, -0.05) is 11.6 Å². The molecule has 5 heterocycles. The van der Waals surface area contributed by atoms with E-state index in [0.717, 1.165) is 56.0 Å². The van der Waals surface area contributed by atoms with Gasteiger partial charge in [0.25, 0.3) is 17.7 Å². The second-order valence-electron chi connectivity index (χ2n) is 16.7. The Kier molecular flexibility index (Phi) is 11.7. The molecule has 4 saturated heterocycles. The lowest BCUT2D eigenvalue weighted by molar-refractivity contribution is -0.136. The molecule has 5 fully saturated rings. The second-order valence-corrected chi connectivity index (χ2v) is 17.1. The second kappa shape index (κ2) is 17.1. The summed E-state index contributed by atoms with van der Waals surface area (Å²) >= 11 is 6.13. The van der Waals surface area contributed by atoms with Crippen molar-refractivity contribution in [3.63, 3.8) is 0 Å². The lowest BCUT2D eigenvalue weighted by atomic mass is 9.92. The number of nitrogens with one attached hydrogen (secondary N) is 4. The quantitative estimate of drug-likeness (QED) is 0.153. The number of benzene rings is 2. The van der Waals surface area contributed by atoms with Crippen LogP contribution in [-0.4, -0.2) is 119 Å². The van der Waals surface area contributed by atoms with Gasteiger partial charge in [-0.15, -0.1) is 0 Å². The number of nitrogens with zero attached hydrogens (tertiary/aromatic N) is 5. The Bertz CT molecular complexity index is 2200. The Morgan fingerprint density at radius 3 is 2.27 bits per heavy atom. The predicted molar refractivity (Wildman–Crippen MR) is 219 cm³/mol. The number of halogens is 2. The van der Waals surface area contributed by atoms with Crippen molar-refractivity contribution in [2.75, 3.05) is 37.6 Å². The molecule has 8 rings (SSSR count). The average molecular weight is 840 g/mol. The highest BCUT2D eigenvalue weighted by Gasteiger charge is 2.46. The zero-order chi connectivity index (χ0) is 42.2.